The SMILES string of the molecule is FC(F)(F)c1cc(C2=Cc3ccccc3[CH]2)cc(C(F)(F)F)c1. The smallest absolute Gasteiger partial charge is 0.166 e. The summed E-state index contributed by atoms with van der Waals surface area (Å²) in [6.07, 6.45) is -6.54. The van der Waals surface area contributed by atoms with Crippen molar-refractivity contribution in [3.8, 4) is 0 Å². The number of hydrogen-bond donors (Lipinski definition) is 0. The van der Waals surface area contributed by atoms with Crippen molar-refractivity contribution in [2.24, 2.45) is 0 Å². The minimum Gasteiger partial charge on any atom is -0.166 e. The van der Waals surface area contributed by atoms with E-state index >= 15 is 0 Å². The Morgan fingerprint density at radius 3 is 1.65 bits per heavy atom. The molecule has 1 radical (unpaired) electrons. The summed E-state index contributed by atoms with van der Waals surface area (Å²) in [6, 6.07) is 8.60. The van der Waals surface area contributed by atoms with Crippen molar-refractivity contribution >= 4 is 11.6 Å². The third-order valence-electron chi connectivity index (χ3n) is 3.54. The normalized spacial score (nSPS) is 14.6. The van der Waals surface area contributed by atoms with Crippen LogP contribution in [0.2, 0.25) is 0 Å². The van der Waals surface area contributed by atoms with E-state index in [9.17, 15) is 26.3 Å². The van der Waals surface area contributed by atoms with E-state index in [4.69, 9.17) is 0 Å². The molecular weight excluding hydrogens is 318 g/mol. The van der Waals surface area contributed by atoms with E-state index in [-0.39, 0.29) is 11.6 Å². The minimum absolute atomic E-state index is 0.108. The van der Waals surface area contributed by atoms with Gasteiger partial charge in [0.1, 0.15) is 0 Å². The van der Waals surface area contributed by atoms with Gasteiger partial charge in [-0.1, -0.05) is 30.3 Å². The molecule has 2 aromatic carbocycles. The van der Waals surface area contributed by atoms with Crippen LogP contribution in [0.5, 0.6) is 0 Å². The Bertz CT molecular complexity index is 748. The van der Waals surface area contributed by atoms with E-state index in [2.05, 4.69) is 0 Å². The van der Waals surface area contributed by atoms with E-state index in [0.29, 0.717) is 5.57 Å². The quantitative estimate of drug-likeness (QED) is 0.578. The van der Waals surface area contributed by atoms with Crippen LogP contribution in [-0.4, -0.2) is 0 Å². The fourth-order valence-corrected chi connectivity index (χ4v) is 2.44. The molecule has 0 spiro atoms. The number of allylic oxidation sites excluding steroid dienone is 1. The summed E-state index contributed by atoms with van der Waals surface area (Å²) < 4.78 is 77.3. The van der Waals surface area contributed by atoms with Gasteiger partial charge in [0.25, 0.3) is 0 Å². The highest BCUT2D eigenvalue weighted by Gasteiger charge is 2.37. The summed E-state index contributed by atoms with van der Waals surface area (Å²) in [5.41, 5.74) is -0.895. The minimum atomic E-state index is -4.85. The number of benzene rings is 2. The van der Waals surface area contributed by atoms with Crippen molar-refractivity contribution in [1.29, 1.82) is 0 Å². The number of alkyl halides is 6. The third-order valence-corrected chi connectivity index (χ3v) is 3.54. The van der Waals surface area contributed by atoms with Crippen LogP contribution in [0.15, 0.2) is 42.5 Å². The summed E-state index contributed by atoms with van der Waals surface area (Å²) in [5, 5.41) is 0. The Labute approximate surface area is 128 Å². The molecule has 0 fully saturated rings. The summed E-state index contributed by atoms with van der Waals surface area (Å²) in [6.45, 7) is 0. The van der Waals surface area contributed by atoms with Crippen LogP contribution in [0.3, 0.4) is 0 Å². The number of rotatable bonds is 1. The maximum atomic E-state index is 12.9. The van der Waals surface area contributed by atoms with Gasteiger partial charge in [0.05, 0.1) is 11.1 Å². The first-order chi connectivity index (χ1) is 10.6. The monoisotopic (exact) mass is 327 g/mol. The molecule has 0 saturated heterocycles. The van der Waals surface area contributed by atoms with Gasteiger partial charge < -0.3 is 0 Å². The maximum Gasteiger partial charge on any atom is 0.416 e. The molecular formula is C17H9F6. The first kappa shape index (κ1) is 15.6. The van der Waals surface area contributed by atoms with E-state index in [1.807, 2.05) is 0 Å². The lowest BCUT2D eigenvalue weighted by molar-refractivity contribution is -0.143. The summed E-state index contributed by atoms with van der Waals surface area (Å²) >= 11 is 0. The van der Waals surface area contributed by atoms with Gasteiger partial charge in [0, 0.05) is 6.42 Å². The molecule has 23 heavy (non-hydrogen) atoms. The Morgan fingerprint density at radius 1 is 0.652 bits per heavy atom. The second kappa shape index (κ2) is 5.15. The zero-order valence-corrected chi connectivity index (χ0v) is 11.5. The lowest BCUT2D eigenvalue weighted by atomic mass is 9.98. The van der Waals surface area contributed by atoms with Gasteiger partial charge in [0.15, 0.2) is 0 Å². The molecule has 119 valence electrons. The van der Waals surface area contributed by atoms with Crippen LogP contribution in [0.25, 0.3) is 11.6 Å². The summed E-state index contributed by atoms with van der Waals surface area (Å²) in [7, 11) is 0. The molecule has 1 aliphatic carbocycles. The molecule has 0 bridgehead atoms. The van der Waals surface area contributed by atoms with Crippen molar-refractivity contribution in [3.05, 3.63) is 76.7 Å². The lowest BCUT2D eigenvalue weighted by Gasteiger charge is -2.14. The number of halogens is 6. The second-order valence-corrected chi connectivity index (χ2v) is 5.17. The van der Waals surface area contributed by atoms with Crippen LogP contribution in [0, 0.1) is 6.42 Å². The van der Waals surface area contributed by atoms with Gasteiger partial charge in [-0.25, -0.2) is 0 Å². The van der Waals surface area contributed by atoms with Crippen molar-refractivity contribution < 1.29 is 26.3 Å². The summed E-state index contributed by atoms with van der Waals surface area (Å²) in [5.74, 6) is 0. The average molecular weight is 327 g/mol. The van der Waals surface area contributed by atoms with E-state index < -0.39 is 23.5 Å². The fraction of sp³-hybridized carbons (Fsp3) is 0.118. The standard InChI is InChI=1S/C17H9F6/c18-16(19,20)14-7-13(8-15(9-14)17(21,22)23)12-5-10-3-1-2-4-11(10)6-12/h1-9H. The molecule has 2 aromatic rings. The van der Waals surface area contributed by atoms with Gasteiger partial charge in [-0.05, 0) is 40.5 Å². The molecule has 0 nitrogen and oxygen atoms in total. The third kappa shape index (κ3) is 3.11. The van der Waals surface area contributed by atoms with Gasteiger partial charge in [0.2, 0.25) is 0 Å². The largest absolute Gasteiger partial charge is 0.416 e. The van der Waals surface area contributed by atoms with Crippen LogP contribution in [0.4, 0.5) is 26.3 Å². The highest BCUT2D eigenvalue weighted by atomic mass is 19.4. The van der Waals surface area contributed by atoms with Crippen LogP contribution >= 0.6 is 0 Å². The Kier molecular flexibility index (Phi) is 3.50. The Balaban J connectivity index is 2.10. The number of hydrogen-bond acceptors (Lipinski definition) is 0. The predicted molar refractivity (Wildman–Crippen MR) is 74.2 cm³/mol. The van der Waals surface area contributed by atoms with Gasteiger partial charge in [-0.3, -0.25) is 0 Å². The molecule has 0 aliphatic heterocycles. The first-order valence-electron chi connectivity index (χ1n) is 6.60. The highest BCUT2D eigenvalue weighted by molar-refractivity contribution is 5.94. The van der Waals surface area contributed by atoms with E-state index in [1.54, 1.807) is 36.8 Å². The van der Waals surface area contributed by atoms with Gasteiger partial charge in [-0.15, -0.1) is 0 Å². The average Bonchev–Trinajstić information content (AvgIpc) is 2.89. The van der Waals surface area contributed by atoms with Crippen LogP contribution in [-0.2, 0) is 12.4 Å². The molecule has 1 aliphatic rings. The molecule has 0 atom stereocenters. The van der Waals surface area contributed by atoms with Crippen LogP contribution in [0.1, 0.15) is 27.8 Å². The van der Waals surface area contributed by atoms with Gasteiger partial charge in [-0.2, -0.15) is 26.3 Å². The molecule has 0 heterocycles. The van der Waals surface area contributed by atoms with Crippen LogP contribution < -0.4 is 0 Å². The molecule has 0 amide bonds. The zero-order valence-electron chi connectivity index (χ0n) is 11.5. The van der Waals surface area contributed by atoms with E-state index in [0.717, 1.165) is 23.3 Å². The van der Waals surface area contributed by atoms with Crippen molar-refractivity contribution in [3.63, 3.8) is 0 Å². The molecule has 3 rings (SSSR count). The molecule has 0 aromatic heterocycles. The number of fused-ring (bicyclic) bond motifs is 1. The maximum absolute atomic E-state index is 12.9. The Hall–Kier alpha value is -2.24. The second-order valence-electron chi connectivity index (χ2n) is 5.17. The summed E-state index contributed by atoms with van der Waals surface area (Å²) in [4.78, 5) is 0. The first-order valence-corrected chi connectivity index (χ1v) is 6.60. The highest BCUT2D eigenvalue weighted by Crippen LogP contribution is 2.40. The fourth-order valence-electron chi connectivity index (χ4n) is 2.44. The van der Waals surface area contributed by atoms with Gasteiger partial charge >= 0.3 is 12.4 Å². The molecule has 0 N–H and O–H groups in total. The zero-order chi connectivity index (χ0) is 16.8. The van der Waals surface area contributed by atoms with E-state index in [1.165, 1.54) is 0 Å². The predicted octanol–water partition coefficient (Wildman–Crippen LogP) is 5.83. The van der Waals surface area contributed by atoms with Crippen molar-refractivity contribution in [2.45, 2.75) is 12.4 Å². The Morgan fingerprint density at radius 2 is 1.17 bits per heavy atom. The molecule has 6 heteroatoms. The van der Waals surface area contributed by atoms with Crippen molar-refractivity contribution in [2.75, 3.05) is 0 Å². The van der Waals surface area contributed by atoms with Crippen molar-refractivity contribution in [1.82, 2.24) is 0 Å². The molecule has 0 unspecified atom stereocenters. The molecule has 0 saturated carbocycles. The topological polar surface area (TPSA) is 0 Å². The lowest BCUT2D eigenvalue weighted by Crippen LogP contribution is -2.11.